The Labute approximate surface area is 160 Å². The summed E-state index contributed by atoms with van der Waals surface area (Å²) in [7, 11) is -3.44. The fraction of sp³-hybridized carbons (Fsp3) is 0.286. The number of hydrogen-bond donors (Lipinski definition) is 1. The Morgan fingerprint density at radius 1 is 0.963 bits per heavy atom. The van der Waals surface area contributed by atoms with Gasteiger partial charge >= 0.3 is 0 Å². The van der Waals surface area contributed by atoms with E-state index in [2.05, 4.69) is 9.97 Å². The highest BCUT2D eigenvalue weighted by atomic mass is 32.2. The summed E-state index contributed by atoms with van der Waals surface area (Å²) in [6.07, 6.45) is 6.19. The lowest BCUT2D eigenvalue weighted by molar-refractivity contribution is 0.270. The Kier molecular flexibility index (Phi) is 5.09. The molecular formula is C21H23N3O2S. The van der Waals surface area contributed by atoms with Crippen LogP contribution in [0.15, 0.2) is 71.9 Å². The summed E-state index contributed by atoms with van der Waals surface area (Å²) in [6.45, 7) is 1.13. The summed E-state index contributed by atoms with van der Waals surface area (Å²) in [5.41, 5.74) is 2.10. The van der Waals surface area contributed by atoms with Crippen LogP contribution in [-0.4, -0.2) is 35.8 Å². The molecular weight excluding hydrogens is 358 g/mol. The van der Waals surface area contributed by atoms with E-state index >= 15 is 0 Å². The number of aromatic nitrogens is 2. The summed E-state index contributed by atoms with van der Waals surface area (Å²) in [5, 5.41) is 0. The van der Waals surface area contributed by atoms with Crippen molar-refractivity contribution in [3.05, 3.63) is 72.8 Å². The van der Waals surface area contributed by atoms with Crippen molar-refractivity contribution in [1.82, 2.24) is 14.3 Å². The van der Waals surface area contributed by atoms with Gasteiger partial charge in [0.1, 0.15) is 5.82 Å². The second-order valence-corrected chi connectivity index (χ2v) is 8.92. The minimum Gasteiger partial charge on any atom is -0.349 e. The van der Waals surface area contributed by atoms with Crippen LogP contribution in [0.4, 0.5) is 0 Å². The maximum Gasteiger partial charge on any atom is 0.243 e. The van der Waals surface area contributed by atoms with Crippen molar-refractivity contribution in [2.75, 3.05) is 13.1 Å². The van der Waals surface area contributed by atoms with Gasteiger partial charge in [0.15, 0.2) is 0 Å². The van der Waals surface area contributed by atoms with E-state index < -0.39 is 10.0 Å². The van der Waals surface area contributed by atoms with E-state index in [1.54, 1.807) is 22.6 Å². The Morgan fingerprint density at radius 2 is 1.63 bits per heavy atom. The standard InChI is InChI=1S/C21H23N3O2S/c25-27(26,20-8-6-19(7-9-20)18-4-2-1-3-5-18)24-14-10-17(11-15-24)16-21-22-12-13-23-21/h1-9,12-13,17H,10-11,14-16H2,(H,22,23). The third-order valence-corrected chi connectivity index (χ3v) is 7.12. The van der Waals surface area contributed by atoms with Crippen LogP contribution >= 0.6 is 0 Å². The predicted octanol–water partition coefficient (Wildman–Crippen LogP) is 3.72. The highest BCUT2D eigenvalue weighted by Crippen LogP contribution is 2.27. The molecule has 2 heterocycles. The molecule has 0 spiro atoms. The number of hydrogen-bond acceptors (Lipinski definition) is 3. The van der Waals surface area contributed by atoms with E-state index in [1.807, 2.05) is 48.7 Å². The minimum atomic E-state index is -3.44. The van der Waals surface area contributed by atoms with Crippen LogP contribution in [0.1, 0.15) is 18.7 Å². The van der Waals surface area contributed by atoms with E-state index in [0.717, 1.165) is 36.2 Å². The molecule has 5 nitrogen and oxygen atoms in total. The molecule has 1 N–H and O–H groups in total. The van der Waals surface area contributed by atoms with Gasteiger partial charge in [-0.3, -0.25) is 0 Å². The van der Waals surface area contributed by atoms with Crippen molar-refractivity contribution in [3.8, 4) is 11.1 Å². The fourth-order valence-corrected chi connectivity index (χ4v) is 5.11. The number of rotatable bonds is 5. The number of benzene rings is 2. The van der Waals surface area contributed by atoms with Crippen LogP contribution in [0.5, 0.6) is 0 Å². The molecule has 0 unspecified atom stereocenters. The Balaban J connectivity index is 1.43. The molecule has 0 amide bonds. The SMILES string of the molecule is O=S(=O)(c1ccc(-c2ccccc2)cc1)N1CCC(Cc2ncc[nH]2)CC1. The zero-order valence-corrected chi connectivity index (χ0v) is 15.9. The first-order chi connectivity index (χ1) is 13.1. The van der Waals surface area contributed by atoms with Gasteiger partial charge in [-0.2, -0.15) is 4.31 Å². The average molecular weight is 382 g/mol. The van der Waals surface area contributed by atoms with E-state index in [1.165, 1.54) is 0 Å². The van der Waals surface area contributed by atoms with Crippen LogP contribution < -0.4 is 0 Å². The van der Waals surface area contributed by atoms with Crippen LogP contribution in [0.2, 0.25) is 0 Å². The smallest absolute Gasteiger partial charge is 0.243 e. The average Bonchev–Trinajstić information content (AvgIpc) is 3.22. The van der Waals surface area contributed by atoms with Gasteiger partial charge in [-0.15, -0.1) is 0 Å². The van der Waals surface area contributed by atoms with Gasteiger partial charge in [-0.25, -0.2) is 13.4 Å². The molecule has 0 bridgehead atoms. The number of nitrogens with zero attached hydrogens (tertiary/aromatic N) is 2. The lowest BCUT2D eigenvalue weighted by atomic mass is 9.94. The summed E-state index contributed by atoms with van der Waals surface area (Å²) in [5.74, 6) is 1.45. The first kappa shape index (κ1) is 17.9. The van der Waals surface area contributed by atoms with Crippen LogP contribution in [-0.2, 0) is 16.4 Å². The van der Waals surface area contributed by atoms with Gasteiger partial charge in [0.2, 0.25) is 10.0 Å². The normalized spacial score (nSPS) is 16.4. The van der Waals surface area contributed by atoms with Crippen LogP contribution in [0.3, 0.4) is 0 Å². The molecule has 0 aliphatic carbocycles. The molecule has 27 heavy (non-hydrogen) atoms. The number of piperidine rings is 1. The van der Waals surface area contributed by atoms with Gasteiger partial charge in [-0.05, 0) is 42.0 Å². The number of sulfonamides is 1. The summed E-state index contributed by atoms with van der Waals surface area (Å²) in [4.78, 5) is 7.77. The van der Waals surface area contributed by atoms with Crippen molar-refractivity contribution in [1.29, 1.82) is 0 Å². The monoisotopic (exact) mass is 381 g/mol. The second kappa shape index (κ2) is 7.66. The molecule has 1 fully saturated rings. The number of H-pyrrole nitrogens is 1. The summed E-state index contributed by atoms with van der Waals surface area (Å²) < 4.78 is 27.5. The lowest BCUT2D eigenvalue weighted by Gasteiger charge is -2.31. The predicted molar refractivity (Wildman–Crippen MR) is 106 cm³/mol. The zero-order valence-electron chi connectivity index (χ0n) is 15.1. The highest BCUT2D eigenvalue weighted by molar-refractivity contribution is 7.89. The molecule has 3 aromatic rings. The molecule has 0 atom stereocenters. The Hall–Kier alpha value is -2.44. The molecule has 1 saturated heterocycles. The van der Waals surface area contributed by atoms with Gasteiger partial charge < -0.3 is 4.98 Å². The van der Waals surface area contributed by atoms with Crippen LogP contribution in [0, 0.1) is 5.92 Å². The fourth-order valence-electron chi connectivity index (χ4n) is 3.64. The second-order valence-electron chi connectivity index (χ2n) is 6.98. The van der Waals surface area contributed by atoms with Crippen molar-refractivity contribution in [2.24, 2.45) is 5.92 Å². The molecule has 1 aliphatic heterocycles. The third-order valence-electron chi connectivity index (χ3n) is 5.21. The van der Waals surface area contributed by atoms with E-state index in [9.17, 15) is 8.42 Å². The van der Waals surface area contributed by atoms with Gasteiger partial charge in [0, 0.05) is 31.9 Å². The van der Waals surface area contributed by atoms with Crippen molar-refractivity contribution < 1.29 is 8.42 Å². The zero-order chi connectivity index (χ0) is 18.7. The summed E-state index contributed by atoms with van der Waals surface area (Å²) >= 11 is 0. The third kappa shape index (κ3) is 3.96. The van der Waals surface area contributed by atoms with Crippen LogP contribution in [0.25, 0.3) is 11.1 Å². The molecule has 0 radical (unpaired) electrons. The number of imidazole rings is 1. The molecule has 1 aliphatic rings. The summed E-state index contributed by atoms with van der Waals surface area (Å²) in [6, 6.07) is 17.2. The van der Waals surface area contributed by atoms with E-state index in [4.69, 9.17) is 0 Å². The maximum atomic E-state index is 13.0. The lowest BCUT2D eigenvalue weighted by Crippen LogP contribution is -2.38. The molecule has 140 valence electrons. The van der Waals surface area contributed by atoms with Crippen molar-refractivity contribution in [2.45, 2.75) is 24.2 Å². The number of aromatic amines is 1. The van der Waals surface area contributed by atoms with E-state index in [-0.39, 0.29) is 0 Å². The Morgan fingerprint density at radius 3 is 2.26 bits per heavy atom. The van der Waals surface area contributed by atoms with E-state index in [0.29, 0.717) is 23.9 Å². The maximum absolute atomic E-state index is 13.0. The topological polar surface area (TPSA) is 66.1 Å². The molecule has 6 heteroatoms. The van der Waals surface area contributed by atoms with Crippen molar-refractivity contribution in [3.63, 3.8) is 0 Å². The minimum absolute atomic E-state index is 0.367. The number of nitrogens with one attached hydrogen (secondary N) is 1. The van der Waals surface area contributed by atoms with Gasteiger partial charge in [0.25, 0.3) is 0 Å². The highest BCUT2D eigenvalue weighted by Gasteiger charge is 2.29. The quantitative estimate of drug-likeness (QED) is 0.732. The van der Waals surface area contributed by atoms with Gasteiger partial charge in [0.05, 0.1) is 4.90 Å². The largest absolute Gasteiger partial charge is 0.349 e. The van der Waals surface area contributed by atoms with Gasteiger partial charge in [-0.1, -0.05) is 42.5 Å². The molecule has 0 saturated carbocycles. The molecule has 2 aromatic carbocycles. The molecule has 1 aromatic heterocycles. The molecule has 4 rings (SSSR count). The van der Waals surface area contributed by atoms with Crippen molar-refractivity contribution >= 4 is 10.0 Å². The first-order valence-corrected chi connectivity index (χ1v) is 10.7. The first-order valence-electron chi connectivity index (χ1n) is 9.27. The Bertz CT molecular complexity index is 960.